The van der Waals surface area contributed by atoms with Gasteiger partial charge in [0.15, 0.2) is 0 Å². The van der Waals surface area contributed by atoms with E-state index in [0.29, 0.717) is 0 Å². The Morgan fingerprint density at radius 2 is 1.13 bits per heavy atom. The molecule has 0 radical (unpaired) electrons. The largest absolute Gasteiger partial charge is 2.00 e. The van der Waals surface area contributed by atoms with Gasteiger partial charge in [-0.1, -0.05) is 35.4 Å². The van der Waals surface area contributed by atoms with Gasteiger partial charge in [0.25, 0.3) is 0 Å². The van der Waals surface area contributed by atoms with Gasteiger partial charge in [0.05, 0.1) is 0 Å². The Hall–Kier alpha value is -0.137. The fraction of sp³-hybridized carbons (Fsp3) is 0.667. The van der Waals surface area contributed by atoms with Crippen molar-refractivity contribution >= 4 is 33.8 Å². The van der Waals surface area contributed by atoms with Crippen molar-refractivity contribution in [1.82, 2.24) is 0 Å². The van der Waals surface area contributed by atoms with Crippen LogP contribution in [0.3, 0.4) is 0 Å². The molecule has 2 amide bonds. The van der Waals surface area contributed by atoms with E-state index in [9.17, 15) is 0 Å². The van der Waals surface area contributed by atoms with Crippen molar-refractivity contribution in [3.05, 3.63) is 0 Å². The standard InChI is InChI=1S/C4H10S2.2CH3NO2.Zn/c1-3-5-6-4-2;2*2-1(3)4;/h3-4H2,1-2H3;2*2H2,(H,3,4);/q;;;+2/p-2. The molecule has 6 nitrogen and oxygen atoms in total. The first-order chi connectivity index (χ1) is 6.38. The normalized spacial score (nSPS) is 6.80. The number of primary amides is 2. The summed E-state index contributed by atoms with van der Waals surface area (Å²) >= 11 is 0. The molecule has 0 unspecified atom stereocenters. The van der Waals surface area contributed by atoms with Gasteiger partial charge in [-0.05, 0) is 0 Å². The van der Waals surface area contributed by atoms with Gasteiger partial charge in [0.2, 0.25) is 0 Å². The molecule has 0 fully saturated rings. The van der Waals surface area contributed by atoms with Crippen LogP contribution in [0.4, 0.5) is 9.59 Å². The summed E-state index contributed by atoms with van der Waals surface area (Å²) in [5, 5.41) is 17.3. The fourth-order valence-corrected chi connectivity index (χ4v) is 1.50. The minimum absolute atomic E-state index is 0. The van der Waals surface area contributed by atoms with Crippen LogP contribution in [0.25, 0.3) is 0 Å². The zero-order chi connectivity index (χ0) is 12.0. The molecule has 0 saturated carbocycles. The summed E-state index contributed by atoms with van der Waals surface area (Å²) in [5.74, 6) is 2.47. The summed E-state index contributed by atoms with van der Waals surface area (Å²) in [4.78, 5) is 17.3. The van der Waals surface area contributed by atoms with Crippen LogP contribution in [0.2, 0.25) is 0 Å². The Balaban J connectivity index is -0.0000000606. The quantitative estimate of drug-likeness (QED) is 0.390. The van der Waals surface area contributed by atoms with Crippen LogP contribution < -0.4 is 21.7 Å². The molecule has 0 aromatic carbocycles. The van der Waals surface area contributed by atoms with E-state index >= 15 is 0 Å². The van der Waals surface area contributed by atoms with Crippen LogP contribution in [-0.4, -0.2) is 23.7 Å². The predicted molar refractivity (Wildman–Crippen MR) is 55.4 cm³/mol. The molecule has 15 heavy (non-hydrogen) atoms. The third-order valence-corrected chi connectivity index (χ3v) is 2.87. The van der Waals surface area contributed by atoms with Gasteiger partial charge in [-0.2, -0.15) is 0 Å². The summed E-state index contributed by atoms with van der Waals surface area (Å²) in [7, 11) is 3.85. The van der Waals surface area contributed by atoms with Gasteiger partial charge in [0, 0.05) is 11.5 Å². The van der Waals surface area contributed by atoms with Crippen molar-refractivity contribution < 1.29 is 39.3 Å². The first-order valence-corrected chi connectivity index (χ1v) is 6.04. The smallest absolute Gasteiger partial charge is 0.530 e. The third-order valence-electron chi connectivity index (χ3n) is 0.319. The Labute approximate surface area is 110 Å². The van der Waals surface area contributed by atoms with Gasteiger partial charge in [-0.15, -0.1) is 0 Å². The zero-order valence-corrected chi connectivity index (χ0v) is 13.3. The maximum Gasteiger partial charge on any atom is 2.00 e. The Kier molecular flexibility index (Phi) is 38.1. The number of carboxylic acid groups (broad SMARTS) is 2. The number of carbonyl (C=O) groups is 2. The summed E-state index contributed by atoms with van der Waals surface area (Å²) in [6.07, 6.45) is -3.17. The molecular formula is C6H14N2O4S2Zn. The Morgan fingerprint density at radius 1 is 1.00 bits per heavy atom. The van der Waals surface area contributed by atoms with E-state index < -0.39 is 12.2 Å². The minimum atomic E-state index is -1.58. The second-order valence-electron chi connectivity index (χ2n) is 1.45. The Bertz CT molecular complexity index is 127. The van der Waals surface area contributed by atoms with Crippen molar-refractivity contribution in [2.45, 2.75) is 13.8 Å². The molecule has 0 aromatic heterocycles. The second-order valence-corrected chi connectivity index (χ2v) is 4.49. The molecule has 0 aliphatic rings. The minimum Gasteiger partial charge on any atom is -0.530 e. The van der Waals surface area contributed by atoms with E-state index in [1.165, 1.54) is 11.5 Å². The maximum absolute atomic E-state index is 8.67. The van der Waals surface area contributed by atoms with Crippen LogP contribution in [0, 0.1) is 0 Å². The molecule has 86 valence electrons. The molecule has 0 aromatic rings. The molecule has 0 atom stereocenters. The van der Waals surface area contributed by atoms with Crippen molar-refractivity contribution in [3.63, 3.8) is 0 Å². The molecule has 0 bridgehead atoms. The van der Waals surface area contributed by atoms with E-state index in [2.05, 4.69) is 25.3 Å². The van der Waals surface area contributed by atoms with Crippen LogP contribution in [-0.2, 0) is 19.5 Å². The summed E-state index contributed by atoms with van der Waals surface area (Å²) < 4.78 is 0. The number of rotatable bonds is 3. The van der Waals surface area contributed by atoms with Crippen molar-refractivity contribution in [3.8, 4) is 0 Å². The van der Waals surface area contributed by atoms with E-state index in [4.69, 9.17) is 19.8 Å². The predicted octanol–water partition coefficient (Wildman–Crippen LogP) is -1.02. The first-order valence-electron chi connectivity index (χ1n) is 3.55. The fourth-order valence-electron chi connectivity index (χ4n) is 0.167. The number of amides is 2. The number of hydrogen-bond donors (Lipinski definition) is 2. The molecule has 0 rings (SSSR count). The first kappa shape index (κ1) is 24.2. The third kappa shape index (κ3) is 238. The Morgan fingerprint density at radius 3 is 1.20 bits per heavy atom. The van der Waals surface area contributed by atoms with E-state index in [-0.39, 0.29) is 19.5 Å². The van der Waals surface area contributed by atoms with Gasteiger partial charge in [0.1, 0.15) is 12.2 Å². The molecule has 0 aliphatic heterocycles. The zero-order valence-electron chi connectivity index (χ0n) is 8.73. The van der Waals surface area contributed by atoms with E-state index in [1.807, 2.05) is 21.6 Å². The molecule has 0 spiro atoms. The monoisotopic (exact) mass is 306 g/mol. The number of nitrogens with two attached hydrogens (primary N) is 2. The summed E-state index contributed by atoms with van der Waals surface area (Å²) in [5.41, 5.74) is 7.83. The molecular weight excluding hydrogens is 294 g/mol. The second kappa shape index (κ2) is 23.6. The summed E-state index contributed by atoms with van der Waals surface area (Å²) in [6.45, 7) is 4.35. The van der Waals surface area contributed by atoms with Gasteiger partial charge >= 0.3 is 19.5 Å². The molecule has 0 aliphatic carbocycles. The average molecular weight is 308 g/mol. The maximum atomic E-state index is 8.67. The van der Waals surface area contributed by atoms with Gasteiger partial charge < -0.3 is 31.3 Å². The summed E-state index contributed by atoms with van der Waals surface area (Å²) in [6, 6.07) is 0. The molecule has 0 heterocycles. The molecule has 0 saturated heterocycles. The van der Waals surface area contributed by atoms with Crippen molar-refractivity contribution in [2.75, 3.05) is 11.5 Å². The van der Waals surface area contributed by atoms with Gasteiger partial charge in [-0.3, -0.25) is 0 Å². The van der Waals surface area contributed by atoms with E-state index in [0.717, 1.165) is 0 Å². The topological polar surface area (TPSA) is 132 Å². The number of carbonyl (C=O) groups excluding carboxylic acids is 2. The van der Waals surface area contributed by atoms with Crippen LogP contribution in [0.5, 0.6) is 0 Å². The van der Waals surface area contributed by atoms with Crippen LogP contribution in [0.1, 0.15) is 13.8 Å². The van der Waals surface area contributed by atoms with Crippen molar-refractivity contribution in [1.29, 1.82) is 0 Å². The average Bonchev–Trinajstić information content (AvgIpc) is 1.98. The molecule has 9 heteroatoms. The van der Waals surface area contributed by atoms with Crippen LogP contribution >= 0.6 is 21.6 Å². The number of hydrogen-bond acceptors (Lipinski definition) is 6. The SMILES string of the molecule is CCSSCC.NC(=O)[O-].NC(=O)[O-].[Zn+2]. The molecule has 4 N–H and O–H groups in total. The van der Waals surface area contributed by atoms with E-state index in [1.54, 1.807) is 0 Å². The van der Waals surface area contributed by atoms with Crippen molar-refractivity contribution in [2.24, 2.45) is 11.5 Å². The van der Waals surface area contributed by atoms with Gasteiger partial charge in [-0.25, -0.2) is 0 Å². The van der Waals surface area contributed by atoms with Crippen LogP contribution in [0.15, 0.2) is 0 Å².